The molecular formula is C24H30N2O2. The van der Waals surface area contributed by atoms with Gasteiger partial charge in [0, 0.05) is 31.7 Å². The van der Waals surface area contributed by atoms with Crippen molar-refractivity contribution in [2.45, 2.75) is 39.7 Å². The molecule has 1 aliphatic rings. The molecule has 2 aromatic carbocycles. The quantitative estimate of drug-likeness (QED) is 0.717. The minimum atomic E-state index is 0.0308. The lowest BCUT2D eigenvalue weighted by Gasteiger charge is -2.29. The Morgan fingerprint density at radius 2 is 2.04 bits per heavy atom. The molecular weight excluding hydrogens is 348 g/mol. The number of anilines is 1. The molecule has 3 rings (SSSR count). The minimum Gasteiger partial charge on any atom is -0.496 e. The fourth-order valence-corrected chi connectivity index (χ4v) is 3.65. The Bertz CT molecular complexity index is 857. The number of aryl methyl sites for hydroxylation is 1. The molecule has 0 saturated heterocycles. The molecule has 0 radical (unpaired) electrons. The van der Waals surface area contributed by atoms with Crippen LogP contribution in [0.4, 0.5) is 5.69 Å². The van der Waals surface area contributed by atoms with Gasteiger partial charge < -0.3 is 10.1 Å². The van der Waals surface area contributed by atoms with Crippen LogP contribution in [-0.2, 0) is 24.2 Å². The molecule has 1 N–H and O–H groups in total. The summed E-state index contributed by atoms with van der Waals surface area (Å²) in [6, 6.07) is 14.2. The molecule has 28 heavy (non-hydrogen) atoms. The number of hydrogen-bond acceptors (Lipinski definition) is 3. The zero-order valence-corrected chi connectivity index (χ0v) is 17.1. The molecule has 0 unspecified atom stereocenters. The summed E-state index contributed by atoms with van der Waals surface area (Å²) < 4.78 is 5.36. The van der Waals surface area contributed by atoms with E-state index in [1.54, 1.807) is 7.11 Å². The Labute approximate surface area is 168 Å². The molecule has 4 nitrogen and oxygen atoms in total. The first-order valence-electron chi connectivity index (χ1n) is 9.96. The van der Waals surface area contributed by atoms with Crippen LogP contribution in [0.5, 0.6) is 5.75 Å². The van der Waals surface area contributed by atoms with Gasteiger partial charge >= 0.3 is 0 Å². The summed E-state index contributed by atoms with van der Waals surface area (Å²) in [5.74, 6) is 0.865. The summed E-state index contributed by atoms with van der Waals surface area (Å²) in [4.78, 5) is 14.9. The van der Waals surface area contributed by atoms with E-state index in [1.807, 2.05) is 30.3 Å². The Hall–Kier alpha value is -2.59. The van der Waals surface area contributed by atoms with Crippen molar-refractivity contribution in [1.29, 1.82) is 0 Å². The average Bonchev–Trinajstić information content (AvgIpc) is 2.72. The second-order valence-electron chi connectivity index (χ2n) is 7.44. The number of para-hydroxylation sites is 1. The van der Waals surface area contributed by atoms with Gasteiger partial charge in [0.2, 0.25) is 5.91 Å². The lowest BCUT2D eigenvalue weighted by atomic mass is 9.98. The smallest absolute Gasteiger partial charge is 0.224 e. The monoisotopic (exact) mass is 378 g/mol. The first kappa shape index (κ1) is 20.2. The van der Waals surface area contributed by atoms with Crippen molar-refractivity contribution in [2.24, 2.45) is 0 Å². The molecule has 148 valence electrons. The number of fused-ring (bicyclic) bond motifs is 1. The van der Waals surface area contributed by atoms with E-state index in [9.17, 15) is 4.79 Å². The van der Waals surface area contributed by atoms with Crippen molar-refractivity contribution < 1.29 is 9.53 Å². The SMILES string of the molecule is C/C=C(\C)CN1CCc2ccc(NC(=O)CCc3ccccc3OC)cc2C1. The van der Waals surface area contributed by atoms with Crippen LogP contribution in [0.2, 0.25) is 0 Å². The van der Waals surface area contributed by atoms with Gasteiger partial charge in [0.05, 0.1) is 7.11 Å². The molecule has 0 spiro atoms. The maximum absolute atomic E-state index is 12.4. The summed E-state index contributed by atoms with van der Waals surface area (Å²) in [7, 11) is 1.66. The molecule has 2 aromatic rings. The van der Waals surface area contributed by atoms with E-state index in [0.717, 1.165) is 43.1 Å². The third-order valence-corrected chi connectivity index (χ3v) is 5.36. The maximum atomic E-state index is 12.4. The van der Waals surface area contributed by atoms with Crippen molar-refractivity contribution in [3.8, 4) is 5.75 Å². The number of hydrogen-bond donors (Lipinski definition) is 1. The number of methoxy groups -OCH3 is 1. The predicted octanol–water partition coefficient (Wildman–Crippen LogP) is 4.59. The van der Waals surface area contributed by atoms with Crippen LogP contribution >= 0.6 is 0 Å². The van der Waals surface area contributed by atoms with Gasteiger partial charge in [-0.05, 0) is 61.6 Å². The highest BCUT2D eigenvalue weighted by atomic mass is 16.5. The van der Waals surface area contributed by atoms with E-state index in [4.69, 9.17) is 4.74 Å². The van der Waals surface area contributed by atoms with Gasteiger partial charge in [0.15, 0.2) is 0 Å². The molecule has 0 aliphatic carbocycles. The molecule has 0 aromatic heterocycles. The van der Waals surface area contributed by atoms with Crippen LogP contribution in [0.3, 0.4) is 0 Å². The third kappa shape index (κ3) is 5.23. The van der Waals surface area contributed by atoms with Gasteiger partial charge in [0.1, 0.15) is 5.75 Å². The van der Waals surface area contributed by atoms with Crippen molar-refractivity contribution in [1.82, 2.24) is 4.90 Å². The molecule has 4 heteroatoms. The van der Waals surface area contributed by atoms with E-state index < -0.39 is 0 Å². The van der Waals surface area contributed by atoms with E-state index in [2.05, 4.69) is 42.3 Å². The lowest BCUT2D eigenvalue weighted by molar-refractivity contribution is -0.116. The van der Waals surface area contributed by atoms with Crippen molar-refractivity contribution in [2.75, 3.05) is 25.5 Å². The highest BCUT2D eigenvalue weighted by molar-refractivity contribution is 5.91. The van der Waals surface area contributed by atoms with Crippen molar-refractivity contribution in [3.05, 3.63) is 70.8 Å². The maximum Gasteiger partial charge on any atom is 0.224 e. The number of amides is 1. The molecule has 0 fully saturated rings. The lowest BCUT2D eigenvalue weighted by Crippen LogP contribution is -2.31. The van der Waals surface area contributed by atoms with E-state index in [0.29, 0.717) is 12.8 Å². The standard InChI is InChI=1S/C24H30N2O2/c1-4-18(2)16-26-14-13-19-9-11-22(15-21(19)17-26)25-24(27)12-10-20-7-5-6-8-23(20)28-3/h4-9,11,15H,10,12-14,16-17H2,1-3H3,(H,25,27)/b18-4+. The Morgan fingerprint density at radius 1 is 1.21 bits per heavy atom. The Kier molecular flexibility index (Phi) is 6.88. The molecule has 1 heterocycles. The van der Waals surface area contributed by atoms with E-state index in [1.165, 1.54) is 16.7 Å². The number of nitrogens with zero attached hydrogens (tertiary/aromatic N) is 1. The Balaban J connectivity index is 1.59. The topological polar surface area (TPSA) is 41.6 Å². The minimum absolute atomic E-state index is 0.0308. The normalized spacial score (nSPS) is 14.5. The first-order chi connectivity index (χ1) is 13.6. The summed E-state index contributed by atoms with van der Waals surface area (Å²) >= 11 is 0. The van der Waals surface area contributed by atoms with Crippen molar-refractivity contribution in [3.63, 3.8) is 0 Å². The van der Waals surface area contributed by atoms with Crippen molar-refractivity contribution >= 4 is 11.6 Å². The predicted molar refractivity (Wildman–Crippen MR) is 115 cm³/mol. The van der Waals surface area contributed by atoms with E-state index in [-0.39, 0.29) is 5.91 Å². The number of ether oxygens (including phenoxy) is 1. The zero-order chi connectivity index (χ0) is 19.9. The number of nitrogens with one attached hydrogen (secondary N) is 1. The highest BCUT2D eigenvalue weighted by Crippen LogP contribution is 2.24. The molecule has 1 aliphatic heterocycles. The second kappa shape index (κ2) is 9.56. The largest absolute Gasteiger partial charge is 0.496 e. The number of carbonyl (C=O) groups is 1. The van der Waals surface area contributed by atoms with Crippen LogP contribution < -0.4 is 10.1 Å². The van der Waals surface area contributed by atoms with Gasteiger partial charge in [-0.25, -0.2) is 0 Å². The summed E-state index contributed by atoms with van der Waals surface area (Å²) in [6.45, 7) is 7.29. The van der Waals surface area contributed by atoms with E-state index >= 15 is 0 Å². The Morgan fingerprint density at radius 3 is 2.82 bits per heavy atom. The zero-order valence-electron chi connectivity index (χ0n) is 17.1. The number of carbonyl (C=O) groups excluding carboxylic acids is 1. The number of allylic oxidation sites excluding steroid dienone is 1. The van der Waals surface area contributed by atoms with Crippen LogP contribution in [0.1, 0.15) is 37.0 Å². The highest BCUT2D eigenvalue weighted by Gasteiger charge is 2.17. The second-order valence-corrected chi connectivity index (χ2v) is 7.44. The summed E-state index contributed by atoms with van der Waals surface area (Å²) in [5, 5.41) is 3.06. The summed E-state index contributed by atoms with van der Waals surface area (Å²) in [6.07, 6.45) is 4.34. The molecule has 0 saturated carbocycles. The number of rotatable bonds is 7. The molecule has 0 atom stereocenters. The van der Waals surface area contributed by atoms with Gasteiger partial charge in [-0.15, -0.1) is 0 Å². The molecule has 1 amide bonds. The van der Waals surface area contributed by atoms with Gasteiger partial charge in [-0.3, -0.25) is 9.69 Å². The van der Waals surface area contributed by atoms with Gasteiger partial charge in [-0.1, -0.05) is 35.9 Å². The van der Waals surface area contributed by atoms with Crippen LogP contribution in [0.15, 0.2) is 54.1 Å². The molecule has 0 bridgehead atoms. The van der Waals surface area contributed by atoms with Gasteiger partial charge in [-0.2, -0.15) is 0 Å². The van der Waals surface area contributed by atoms with Crippen LogP contribution in [0.25, 0.3) is 0 Å². The summed E-state index contributed by atoms with van der Waals surface area (Å²) in [5.41, 5.74) is 6.04. The van der Waals surface area contributed by atoms with Crippen LogP contribution in [0, 0.1) is 0 Å². The van der Waals surface area contributed by atoms with Crippen LogP contribution in [-0.4, -0.2) is 31.0 Å². The van der Waals surface area contributed by atoms with Gasteiger partial charge in [0.25, 0.3) is 0 Å². The average molecular weight is 379 g/mol. The fraction of sp³-hybridized carbons (Fsp3) is 0.375. The first-order valence-corrected chi connectivity index (χ1v) is 9.96. The fourth-order valence-electron chi connectivity index (χ4n) is 3.65. The third-order valence-electron chi connectivity index (χ3n) is 5.36. The number of benzene rings is 2.